The molecule has 1 rings (SSSR count). The van der Waals surface area contributed by atoms with Crippen molar-refractivity contribution in [1.82, 2.24) is 0 Å². The average molecular weight is 255 g/mol. The molecule has 17 heavy (non-hydrogen) atoms. The van der Waals surface area contributed by atoms with Crippen LogP contribution in [0.3, 0.4) is 0 Å². The second-order valence-electron chi connectivity index (χ2n) is 4.48. The summed E-state index contributed by atoms with van der Waals surface area (Å²) in [6, 6.07) is 9.67. The number of hydrogen-bond donors (Lipinski definition) is 1. The molecule has 0 bridgehead atoms. The van der Waals surface area contributed by atoms with Gasteiger partial charge in [-0.2, -0.15) is 0 Å². The lowest BCUT2D eigenvalue weighted by molar-refractivity contribution is -0.122. The highest BCUT2D eigenvalue weighted by molar-refractivity contribution is 7.32. The fraction of sp³-hybridized carbons (Fsp3) is 0.417. The molecular weight excluding hydrogens is 239 g/mol. The summed E-state index contributed by atoms with van der Waals surface area (Å²) in [6.07, 6.45) is 0.278. The summed E-state index contributed by atoms with van der Waals surface area (Å²) in [6.45, 7) is 3.60. The van der Waals surface area contributed by atoms with E-state index in [0.29, 0.717) is 0 Å². The van der Waals surface area contributed by atoms with Gasteiger partial charge in [-0.25, -0.2) is 0 Å². The number of carbonyl (C=O) groups is 1. The Balaban J connectivity index is 2.61. The van der Waals surface area contributed by atoms with Crippen molar-refractivity contribution >= 4 is 14.0 Å². The predicted molar refractivity (Wildman–Crippen MR) is 64.9 cm³/mol. The number of rotatable bonds is 6. The van der Waals surface area contributed by atoms with E-state index in [0.717, 1.165) is 5.56 Å². The molecule has 0 amide bonds. The van der Waals surface area contributed by atoms with Crippen LogP contribution in [0.25, 0.3) is 0 Å². The zero-order valence-corrected chi connectivity index (χ0v) is 10.8. The third kappa shape index (κ3) is 4.73. The molecule has 1 atom stereocenters. The summed E-state index contributed by atoms with van der Waals surface area (Å²) >= 11 is 0. The van der Waals surface area contributed by atoms with Crippen LogP contribution in [0, 0.1) is 0 Å². The van der Waals surface area contributed by atoms with E-state index in [4.69, 9.17) is 4.89 Å². The van der Waals surface area contributed by atoms with Gasteiger partial charge < -0.3 is 0 Å². The number of Topliss-reactive ketones (excluding diaryl/α,β-unsaturated/α-hetero) is 1. The molecule has 92 valence electrons. The quantitative estimate of drug-likeness (QED) is 0.793. The van der Waals surface area contributed by atoms with Crippen LogP contribution in [0.4, 0.5) is 0 Å². The maximum Gasteiger partial charge on any atom is 0.695 e. The molecule has 0 fully saturated rings. The first kappa shape index (κ1) is 14.0. The van der Waals surface area contributed by atoms with Gasteiger partial charge in [-0.15, -0.1) is 9.42 Å². The second kappa shape index (κ2) is 6.01. The van der Waals surface area contributed by atoms with E-state index in [-0.39, 0.29) is 24.2 Å². The summed E-state index contributed by atoms with van der Waals surface area (Å²) in [5.74, 6) is -0.184. The lowest BCUT2D eigenvalue weighted by atomic mass is 9.80. The third-order valence-electron chi connectivity index (χ3n) is 2.53. The van der Waals surface area contributed by atoms with E-state index in [1.807, 2.05) is 44.2 Å². The minimum absolute atomic E-state index is 0.184. The van der Waals surface area contributed by atoms with Crippen molar-refractivity contribution in [3.63, 3.8) is 0 Å². The van der Waals surface area contributed by atoms with E-state index >= 15 is 0 Å². The van der Waals surface area contributed by atoms with Crippen LogP contribution >= 0.6 is 8.25 Å². The normalized spacial score (nSPS) is 12.3. The van der Waals surface area contributed by atoms with Crippen molar-refractivity contribution in [2.75, 3.05) is 6.61 Å². The standard InChI is InChI=1S/C12H15O4P/c1-12(2,10-6-4-3-5-7-10)8-11(13)9-16-17(14)15/h3-7H,8-9H2,1-2H3/p+1. The maximum atomic E-state index is 11.6. The number of benzene rings is 1. The van der Waals surface area contributed by atoms with Crippen molar-refractivity contribution in [1.29, 1.82) is 0 Å². The molecule has 0 saturated carbocycles. The summed E-state index contributed by atoms with van der Waals surface area (Å²) in [5.41, 5.74) is 0.754. The van der Waals surface area contributed by atoms with Crippen molar-refractivity contribution in [3.8, 4) is 0 Å². The second-order valence-corrected chi connectivity index (χ2v) is 5.21. The zero-order chi connectivity index (χ0) is 12.9. The summed E-state index contributed by atoms with van der Waals surface area (Å²) in [5, 5.41) is 0. The van der Waals surface area contributed by atoms with Gasteiger partial charge in [-0.05, 0) is 11.0 Å². The third-order valence-corrected chi connectivity index (χ3v) is 2.88. The Morgan fingerprint density at radius 2 is 1.94 bits per heavy atom. The van der Waals surface area contributed by atoms with E-state index in [2.05, 4.69) is 4.52 Å². The number of carbonyl (C=O) groups excluding carboxylic acids is 1. The van der Waals surface area contributed by atoms with E-state index < -0.39 is 8.25 Å². The lowest BCUT2D eigenvalue weighted by Crippen LogP contribution is -2.23. The first-order chi connectivity index (χ1) is 7.92. The minimum atomic E-state index is -2.70. The zero-order valence-electron chi connectivity index (χ0n) is 9.92. The van der Waals surface area contributed by atoms with Gasteiger partial charge in [-0.1, -0.05) is 44.2 Å². The van der Waals surface area contributed by atoms with Crippen LogP contribution in [0.5, 0.6) is 0 Å². The average Bonchev–Trinajstić information content (AvgIpc) is 2.27. The first-order valence-corrected chi connectivity index (χ1v) is 6.41. The molecule has 1 aromatic rings. The van der Waals surface area contributed by atoms with Crippen molar-refractivity contribution in [3.05, 3.63) is 35.9 Å². The Labute approximate surface area is 102 Å². The highest BCUT2D eigenvalue weighted by Crippen LogP contribution is 2.27. The topological polar surface area (TPSA) is 63.6 Å². The smallest absolute Gasteiger partial charge is 0.297 e. The Morgan fingerprint density at radius 1 is 1.35 bits per heavy atom. The largest absolute Gasteiger partial charge is 0.695 e. The van der Waals surface area contributed by atoms with Crippen LogP contribution in [0.1, 0.15) is 25.8 Å². The van der Waals surface area contributed by atoms with Crippen LogP contribution in [-0.4, -0.2) is 17.3 Å². The van der Waals surface area contributed by atoms with Crippen molar-refractivity contribution in [2.24, 2.45) is 0 Å². The molecule has 0 aromatic heterocycles. The Bertz CT molecular complexity index is 400. The van der Waals surface area contributed by atoms with Gasteiger partial charge >= 0.3 is 8.25 Å². The Morgan fingerprint density at radius 3 is 2.47 bits per heavy atom. The van der Waals surface area contributed by atoms with Gasteiger partial charge in [0.05, 0.1) is 0 Å². The minimum Gasteiger partial charge on any atom is -0.297 e. The van der Waals surface area contributed by atoms with E-state index in [1.165, 1.54) is 0 Å². The summed E-state index contributed by atoms with van der Waals surface area (Å²) in [7, 11) is -2.70. The van der Waals surface area contributed by atoms with Crippen LogP contribution in [0.2, 0.25) is 0 Å². The summed E-state index contributed by atoms with van der Waals surface area (Å²) in [4.78, 5) is 20.0. The molecule has 0 radical (unpaired) electrons. The number of ketones is 1. The molecule has 0 aliphatic heterocycles. The molecule has 5 heteroatoms. The molecule has 0 heterocycles. The molecule has 1 unspecified atom stereocenters. The van der Waals surface area contributed by atoms with E-state index in [9.17, 15) is 9.36 Å². The highest BCUT2D eigenvalue weighted by Gasteiger charge is 2.26. The number of hydrogen-bond acceptors (Lipinski definition) is 3. The van der Waals surface area contributed by atoms with Crippen molar-refractivity contribution in [2.45, 2.75) is 25.7 Å². The molecular formula is C12H16O4P+. The predicted octanol–water partition coefficient (Wildman–Crippen LogP) is 2.59. The molecule has 0 aliphatic carbocycles. The van der Waals surface area contributed by atoms with Gasteiger partial charge in [0.15, 0.2) is 12.4 Å². The van der Waals surface area contributed by atoms with Gasteiger partial charge in [0.2, 0.25) is 0 Å². The molecule has 1 aromatic carbocycles. The van der Waals surface area contributed by atoms with Crippen LogP contribution in [-0.2, 0) is 19.3 Å². The van der Waals surface area contributed by atoms with Gasteiger partial charge in [0.25, 0.3) is 0 Å². The fourth-order valence-electron chi connectivity index (χ4n) is 1.66. The molecule has 0 spiro atoms. The van der Waals surface area contributed by atoms with Crippen molar-refractivity contribution < 1.29 is 18.8 Å². The Kier molecular flexibility index (Phi) is 4.94. The Hall–Kier alpha value is -1.09. The van der Waals surface area contributed by atoms with E-state index in [1.54, 1.807) is 0 Å². The van der Waals surface area contributed by atoms with Gasteiger partial charge in [0.1, 0.15) is 0 Å². The summed E-state index contributed by atoms with van der Waals surface area (Å²) < 4.78 is 14.7. The van der Waals surface area contributed by atoms with Gasteiger partial charge in [0, 0.05) is 11.0 Å². The SMILES string of the molecule is CC(C)(CC(=O)CO[P+](=O)O)c1ccccc1. The van der Waals surface area contributed by atoms with Crippen LogP contribution in [0.15, 0.2) is 30.3 Å². The lowest BCUT2D eigenvalue weighted by Gasteiger charge is -2.23. The molecule has 4 nitrogen and oxygen atoms in total. The maximum absolute atomic E-state index is 11.6. The van der Waals surface area contributed by atoms with Crippen LogP contribution < -0.4 is 0 Å². The fourth-order valence-corrected chi connectivity index (χ4v) is 1.92. The monoisotopic (exact) mass is 255 g/mol. The molecule has 0 saturated heterocycles. The molecule has 1 N–H and O–H groups in total. The highest BCUT2D eigenvalue weighted by atomic mass is 31.1. The van der Waals surface area contributed by atoms with Gasteiger partial charge in [-0.3, -0.25) is 4.79 Å². The first-order valence-electron chi connectivity index (χ1n) is 5.28. The molecule has 0 aliphatic rings.